The Bertz CT molecular complexity index is 424. The Labute approximate surface area is 101 Å². The molecular formula is C13H16ClNO. The van der Waals surface area contributed by atoms with Crippen molar-refractivity contribution >= 4 is 11.6 Å². The van der Waals surface area contributed by atoms with Crippen LogP contribution in [0, 0.1) is 0 Å². The molecule has 0 bridgehead atoms. The topological polar surface area (TPSA) is 32.3 Å². The summed E-state index contributed by atoms with van der Waals surface area (Å²) in [6, 6.07) is 2.18. The molecule has 2 N–H and O–H groups in total. The highest BCUT2D eigenvalue weighted by molar-refractivity contribution is 6.33. The molecule has 0 radical (unpaired) electrons. The fourth-order valence-corrected chi connectivity index (χ4v) is 3.26. The number of phenolic OH excluding ortho intramolecular Hbond substituents is 1. The zero-order valence-electron chi connectivity index (χ0n) is 9.22. The van der Waals surface area contributed by atoms with Crippen LogP contribution in [0.1, 0.15) is 35.4 Å². The molecule has 1 aromatic carbocycles. The van der Waals surface area contributed by atoms with E-state index in [4.69, 9.17) is 11.6 Å². The van der Waals surface area contributed by atoms with E-state index in [1.807, 2.05) is 0 Å². The molecule has 0 spiro atoms. The Morgan fingerprint density at radius 1 is 1.38 bits per heavy atom. The SMILES string of the molecule is Oc1c(C2CCNC2)cc2c(c1Cl)CCC2. The van der Waals surface area contributed by atoms with Gasteiger partial charge in [-0.1, -0.05) is 17.7 Å². The molecule has 1 unspecified atom stereocenters. The number of halogens is 1. The predicted octanol–water partition coefficient (Wildman–Crippen LogP) is 2.61. The Morgan fingerprint density at radius 3 is 3.00 bits per heavy atom. The summed E-state index contributed by atoms with van der Waals surface area (Å²) < 4.78 is 0. The third-order valence-electron chi connectivity index (χ3n) is 3.84. The minimum atomic E-state index is 0.330. The minimum absolute atomic E-state index is 0.330. The summed E-state index contributed by atoms with van der Waals surface area (Å²) in [4.78, 5) is 0. The number of phenols is 1. The van der Waals surface area contributed by atoms with Crippen LogP contribution in [0.4, 0.5) is 0 Å². The zero-order chi connectivity index (χ0) is 11.1. The van der Waals surface area contributed by atoms with Gasteiger partial charge in [-0.3, -0.25) is 0 Å². The van der Waals surface area contributed by atoms with E-state index in [2.05, 4.69) is 11.4 Å². The van der Waals surface area contributed by atoms with Crippen LogP contribution < -0.4 is 5.32 Å². The summed E-state index contributed by atoms with van der Waals surface area (Å²) in [6.07, 6.45) is 4.40. The molecule has 3 heteroatoms. The molecule has 3 rings (SSSR count). The Hall–Kier alpha value is -0.730. The Balaban J connectivity index is 2.08. The molecule has 1 heterocycles. The molecular weight excluding hydrogens is 222 g/mol. The van der Waals surface area contributed by atoms with E-state index in [9.17, 15) is 5.11 Å². The first-order valence-corrected chi connectivity index (χ1v) is 6.39. The van der Waals surface area contributed by atoms with Gasteiger partial charge < -0.3 is 10.4 Å². The lowest BCUT2D eigenvalue weighted by atomic mass is 9.94. The molecule has 2 aliphatic rings. The zero-order valence-corrected chi connectivity index (χ0v) is 9.98. The summed E-state index contributed by atoms with van der Waals surface area (Å²) in [5.74, 6) is 0.763. The van der Waals surface area contributed by atoms with Crippen molar-refractivity contribution in [3.63, 3.8) is 0 Å². The molecule has 0 aromatic heterocycles. The van der Waals surface area contributed by atoms with Gasteiger partial charge in [0.15, 0.2) is 0 Å². The lowest BCUT2D eigenvalue weighted by Gasteiger charge is -2.15. The first-order valence-electron chi connectivity index (χ1n) is 6.01. The molecule has 1 saturated heterocycles. The maximum absolute atomic E-state index is 10.2. The molecule has 0 amide bonds. The van der Waals surface area contributed by atoms with Gasteiger partial charge in [-0.05, 0) is 43.4 Å². The minimum Gasteiger partial charge on any atom is -0.506 e. The van der Waals surface area contributed by atoms with Crippen LogP contribution in [-0.4, -0.2) is 18.2 Å². The summed E-state index contributed by atoms with van der Waals surface area (Å²) in [5, 5.41) is 14.1. The van der Waals surface area contributed by atoms with Crippen molar-refractivity contribution in [3.8, 4) is 5.75 Å². The second-order valence-corrected chi connectivity index (χ2v) is 5.19. The predicted molar refractivity (Wildman–Crippen MR) is 65.4 cm³/mol. The lowest BCUT2D eigenvalue weighted by molar-refractivity contribution is 0.462. The van der Waals surface area contributed by atoms with Crippen LogP contribution in [0.5, 0.6) is 5.75 Å². The highest BCUT2D eigenvalue weighted by atomic mass is 35.5. The summed E-state index contributed by atoms with van der Waals surface area (Å²) in [5.41, 5.74) is 3.58. The number of hydrogen-bond acceptors (Lipinski definition) is 2. The van der Waals surface area contributed by atoms with E-state index in [1.165, 1.54) is 17.5 Å². The highest BCUT2D eigenvalue weighted by Crippen LogP contribution is 2.42. The summed E-state index contributed by atoms with van der Waals surface area (Å²) in [7, 11) is 0. The maximum Gasteiger partial charge on any atom is 0.137 e. The smallest absolute Gasteiger partial charge is 0.137 e. The lowest BCUT2D eigenvalue weighted by Crippen LogP contribution is -2.08. The van der Waals surface area contributed by atoms with Crippen molar-refractivity contribution in [1.29, 1.82) is 0 Å². The van der Waals surface area contributed by atoms with Crippen LogP contribution in [0.25, 0.3) is 0 Å². The quantitative estimate of drug-likeness (QED) is 0.787. The normalized spacial score (nSPS) is 23.7. The Morgan fingerprint density at radius 2 is 2.25 bits per heavy atom. The molecule has 1 aliphatic heterocycles. The van der Waals surface area contributed by atoms with Crippen molar-refractivity contribution in [2.75, 3.05) is 13.1 Å². The molecule has 1 atom stereocenters. The number of benzene rings is 1. The van der Waals surface area contributed by atoms with Crippen LogP contribution in [0.2, 0.25) is 5.02 Å². The van der Waals surface area contributed by atoms with E-state index < -0.39 is 0 Å². The first kappa shape index (κ1) is 10.4. The number of rotatable bonds is 1. The standard InChI is InChI=1S/C13H16ClNO/c14-12-10-3-1-2-8(10)6-11(13(12)16)9-4-5-15-7-9/h6,9,15-16H,1-5,7H2. The van der Waals surface area contributed by atoms with Gasteiger partial charge >= 0.3 is 0 Å². The van der Waals surface area contributed by atoms with Crippen molar-refractivity contribution in [2.24, 2.45) is 0 Å². The maximum atomic E-state index is 10.2. The number of aryl methyl sites for hydroxylation is 1. The van der Waals surface area contributed by atoms with E-state index in [1.54, 1.807) is 0 Å². The van der Waals surface area contributed by atoms with Gasteiger partial charge in [0, 0.05) is 18.0 Å². The molecule has 1 fully saturated rings. The van der Waals surface area contributed by atoms with Crippen molar-refractivity contribution in [3.05, 3.63) is 27.8 Å². The van der Waals surface area contributed by atoms with Gasteiger partial charge in [-0.25, -0.2) is 0 Å². The summed E-state index contributed by atoms with van der Waals surface area (Å²) in [6.45, 7) is 2.00. The van der Waals surface area contributed by atoms with Gasteiger partial charge in [0.1, 0.15) is 5.75 Å². The fraction of sp³-hybridized carbons (Fsp3) is 0.538. The van der Waals surface area contributed by atoms with E-state index >= 15 is 0 Å². The van der Waals surface area contributed by atoms with Gasteiger partial charge in [0.25, 0.3) is 0 Å². The van der Waals surface area contributed by atoms with Gasteiger partial charge in [0.2, 0.25) is 0 Å². The summed E-state index contributed by atoms with van der Waals surface area (Å²) >= 11 is 6.25. The van der Waals surface area contributed by atoms with Gasteiger partial charge in [-0.15, -0.1) is 0 Å². The van der Waals surface area contributed by atoms with Crippen molar-refractivity contribution in [2.45, 2.75) is 31.6 Å². The fourth-order valence-electron chi connectivity index (χ4n) is 2.93. The van der Waals surface area contributed by atoms with Crippen molar-refractivity contribution < 1.29 is 5.11 Å². The largest absolute Gasteiger partial charge is 0.506 e. The van der Waals surface area contributed by atoms with E-state index in [-0.39, 0.29) is 0 Å². The highest BCUT2D eigenvalue weighted by Gasteiger charge is 2.25. The number of nitrogens with one attached hydrogen (secondary N) is 1. The van der Waals surface area contributed by atoms with Crippen LogP contribution in [0.3, 0.4) is 0 Å². The second kappa shape index (κ2) is 3.94. The number of fused-ring (bicyclic) bond motifs is 1. The third-order valence-corrected chi connectivity index (χ3v) is 4.24. The van der Waals surface area contributed by atoms with Crippen LogP contribution in [-0.2, 0) is 12.8 Å². The van der Waals surface area contributed by atoms with Gasteiger partial charge in [-0.2, -0.15) is 0 Å². The van der Waals surface area contributed by atoms with E-state index in [0.29, 0.717) is 16.7 Å². The second-order valence-electron chi connectivity index (χ2n) is 4.81. The first-order chi connectivity index (χ1) is 7.77. The van der Waals surface area contributed by atoms with Gasteiger partial charge in [0.05, 0.1) is 5.02 Å². The van der Waals surface area contributed by atoms with Crippen LogP contribution in [0.15, 0.2) is 6.07 Å². The molecule has 2 nitrogen and oxygen atoms in total. The number of aromatic hydroxyl groups is 1. The third kappa shape index (κ3) is 1.52. The molecule has 1 aromatic rings. The molecule has 86 valence electrons. The molecule has 16 heavy (non-hydrogen) atoms. The Kier molecular flexibility index (Phi) is 2.56. The monoisotopic (exact) mass is 237 g/mol. The van der Waals surface area contributed by atoms with Crippen molar-refractivity contribution in [1.82, 2.24) is 5.32 Å². The molecule has 1 aliphatic carbocycles. The van der Waals surface area contributed by atoms with E-state index in [0.717, 1.165) is 37.9 Å². The average molecular weight is 238 g/mol. The number of hydrogen-bond donors (Lipinski definition) is 2. The van der Waals surface area contributed by atoms with Crippen LogP contribution >= 0.6 is 11.6 Å². The average Bonchev–Trinajstić information content (AvgIpc) is 2.92. The molecule has 0 saturated carbocycles.